The molecule has 0 bridgehead atoms. The molecule has 5 heteroatoms. The Balaban J connectivity index is 2.01. The molecule has 2 N–H and O–H groups in total. The largest absolute Gasteiger partial charge is 0.494 e. The van der Waals surface area contributed by atoms with E-state index in [2.05, 4.69) is 18.7 Å². The molecule has 2 rings (SSSR count). The molecule has 1 atom stereocenters. The van der Waals surface area contributed by atoms with Gasteiger partial charge in [0, 0.05) is 25.7 Å². The van der Waals surface area contributed by atoms with Crippen molar-refractivity contribution < 1.29 is 13.9 Å². The van der Waals surface area contributed by atoms with E-state index >= 15 is 0 Å². The fourth-order valence-electron chi connectivity index (χ4n) is 2.57. The third-order valence-corrected chi connectivity index (χ3v) is 3.56. The minimum atomic E-state index is -0.372. The van der Waals surface area contributed by atoms with E-state index in [1.807, 2.05) is 6.07 Å². The summed E-state index contributed by atoms with van der Waals surface area (Å²) in [5, 5.41) is 0. The van der Waals surface area contributed by atoms with Crippen LogP contribution < -0.4 is 10.5 Å². The van der Waals surface area contributed by atoms with Crippen LogP contribution in [0.5, 0.6) is 5.75 Å². The maximum Gasteiger partial charge on any atom is 0.165 e. The molecular weight excluding hydrogens is 259 g/mol. The molecule has 1 aliphatic heterocycles. The van der Waals surface area contributed by atoms with Crippen molar-refractivity contribution in [3.8, 4) is 5.75 Å². The number of hydrogen-bond acceptors (Lipinski definition) is 4. The SMILES string of the molecule is COc1ccc(C(N)CN2CCOC(C)(C)C2)cc1F. The molecule has 0 aliphatic carbocycles. The first-order chi connectivity index (χ1) is 9.41. The van der Waals surface area contributed by atoms with Gasteiger partial charge < -0.3 is 15.2 Å². The summed E-state index contributed by atoms with van der Waals surface area (Å²) < 4.78 is 24.3. The van der Waals surface area contributed by atoms with E-state index in [0.29, 0.717) is 13.2 Å². The lowest BCUT2D eigenvalue weighted by atomic mass is 10.0. The molecule has 1 fully saturated rings. The van der Waals surface area contributed by atoms with Crippen molar-refractivity contribution in [3.05, 3.63) is 29.6 Å². The number of halogens is 1. The Hall–Kier alpha value is -1.17. The maximum absolute atomic E-state index is 13.7. The summed E-state index contributed by atoms with van der Waals surface area (Å²) in [6.07, 6.45) is 0. The van der Waals surface area contributed by atoms with Crippen molar-refractivity contribution in [2.45, 2.75) is 25.5 Å². The van der Waals surface area contributed by atoms with E-state index < -0.39 is 0 Å². The zero-order chi connectivity index (χ0) is 14.8. The Morgan fingerprint density at radius 3 is 2.85 bits per heavy atom. The van der Waals surface area contributed by atoms with Crippen LogP contribution in [0.25, 0.3) is 0 Å². The number of rotatable bonds is 4. The van der Waals surface area contributed by atoms with E-state index in [0.717, 1.165) is 18.7 Å². The summed E-state index contributed by atoms with van der Waals surface area (Å²) in [4.78, 5) is 2.26. The van der Waals surface area contributed by atoms with Gasteiger partial charge in [0.15, 0.2) is 11.6 Å². The molecular formula is C15H23FN2O2. The van der Waals surface area contributed by atoms with Crippen LogP contribution in [-0.2, 0) is 4.74 Å². The average molecular weight is 282 g/mol. The second kappa shape index (κ2) is 6.08. The summed E-state index contributed by atoms with van der Waals surface area (Å²) in [7, 11) is 1.45. The highest BCUT2D eigenvalue weighted by molar-refractivity contribution is 5.31. The van der Waals surface area contributed by atoms with Crippen molar-refractivity contribution in [2.24, 2.45) is 5.73 Å². The lowest BCUT2D eigenvalue weighted by molar-refractivity contribution is -0.0870. The maximum atomic E-state index is 13.7. The Morgan fingerprint density at radius 2 is 2.25 bits per heavy atom. The first-order valence-electron chi connectivity index (χ1n) is 6.86. The van der Waals surface area contributed by atoms with Gasteiger partial charge in [-0.3, -0.25) is 4.90 Å². The molecule has 20 heavy (non-hydrogen) atoms. The number of ether oxygens (including phenoxy) is 2. The van der Waals surface area contributed by atoms with Crippen LogP contribution in [0.1, 0.15) is 25.5 Å². The van der Waals surface area contributed by atoms with E-state index in [1.165, 1.54) is 13.2 Å². The number of hydrogen-bond donors (Lipinski definition) is 1. The van der Waals surface area contributed by atoms with Crippen LogP contribution in [-0.4, -0.2) is 43.9 Å². The van der Waals surface area contributed by atoms with E-state index in [-0.39, 0.29) is 23.2 Å². The predicted molar refractivity (Wildman–Crippen MR) is 76.4 cm³/mol. The highest BCUT2D eigenvalue weighted by Crippen LogP contribution is 2.23. The van der Waals surface area contributed by atoms with Crippen LogP contribution in [0.4, 0.5) is 4.39 Å². The predicted octanol–water partition coefficient (Wildman–Crippen LogP) is 1.94. The molecule has 0 radical (unpaired) electrons. The Labute approximate surface area is 119 Å². The molecule has 0 spiro atoms. The standard InChI is InChI=1S/C15H23FN2O2/c1-15(2)10-18(6-7-20-15)9-13(17)11-4-5-14(19-3)12(16)8-11/h4-5,8,13H,6-7,9-10,17H2,1-3H3. The third-order valence-electron chi connectivity index (χ3n) is 3.56. The van der Waals surface area contributed by atoms with E-state index in [9.17, 15) is 4.39 Å². The molecule has 0 amide bonds. The van der Waals surface area contributed by atoms with Crippen molar-refractivity contribution >= 4 is 0 Å². The molecule has 4 nitrogen and oxygen atoms in total. The molecule has 1 aromatic carbocycles. The van der Waals surface area contributed by atoms with Gasteiger partial charge in [0.1, 0.15) is 0 Å². The van der Waals surface area contributed by atoms with Gasteiger partial charge in [-0.05, 0) is 31.5 Å². The van der Waals surface area contributed by atoms with Gasteiger partial charge >= 0.3 is 0 Å². The van der Waals surface area contributed by atoms with Gasteiger partial charge in [-0.1, -0.05) is 6.07 Å². The summed E-state index contributed by atoms with van der Waals surface area (Å²) in [5.74, 6) is -0.129. The first kappa shape index (κ1) is 15.2. The molecule has 1 aromatic rings. The lowest BCUT2D eigenvalue weighted by Gasteiger charge is -2.39. The minimum absolute atomic E-state index is 0.150. The van der Waals surface area contributed by atoms with Crippen LogP contribution in [0.15, 0.2) is 18.2 Å². The van der Waals surface area contributed by atoms with Crippen molar-refractivity contribution in [2.75, 3.05) is 33.4 Å². The topological polar surface area (TPSA) is 47.7 Å². The summed E-state index contributed by atoms with van der Waals surface area (Å²) in [5.41, 5.74) is 6.82. The van der Waals surface area contributed by atoms with E-state index in [4.69, 9.17) is 15.2 Å². The van der Waals surface area contributed by atoms with Gasteiger partial charge in [-0.25, -0.2) is 4.39 Å². The zero-order valence-corrected chi connectivity index (χ0v) is 12.4. The number of nitrogens with zero attached hydrogens (tertiary/aromatic N) is 1. The molecule has 1 aliphatic rings. The molecule has 0 aromatic heterocycles. The smallest absolute Gasteiger partial charge is 0.165 e. The number of nitrogens with two attached hydrogens (primary N) is 1. The van der Waals surface area contributed by atoms with Gasteiger partial charge in [-0.2, -0.15) is 0 Å². The first-order valence-corrected chi connectivity index (χ1v) is 6.86. The van der Waals surface area contributed by atoms with Crippen LogP contribution >= 0.6 is 0 Å². The Kier molecular flexibility index (Phi) is 4.62. The molecule has 1 saturated heterocycles. The molecule has 0 saturated carbocycles. The highest BCUT2D eigenvalue weighted by Gasteiger charge is 2.28. The van der Waals surface area contributed by atoms with Crippen molar-refractivity contribution in [1.29, 1.82) is 0 Å². The quantitative estimate of drug-likeness (QED) is 0.917. The Morgan fingerprint density at radius 1 is 1.50 bits per heavy atom. The zero-order valence-electron chi connectivity index (χ0n) is 12.4. The normalized spacial score (nSPS) is 20.6. The summed E-state index contributed by atoms with van der Waals surface area (Å²) >= 11 is 0. The monoisotopic (exact) mass is 282 g/mol. The lowest BCUT2D eigenvalue weighted by Crippen LogP contribution is -2.50. The number of morpholine rings is 1. The number of methoxy groups -OCH3 is 1. The van der Waals surface area contributed by atoms with Gasteiger partial charge in [-0.15, -0.1) is 0 Å². The fourth-order valence-corrected chi connectivity index (χ4v) is 2.57. The minimum Gasteiger partial charge on any atom is -0.494 e. The third kappa shape index (κ3) is 3.69. The van der Waals surface area contributed by atoms with Crippen LogP contribution in [0.3, 0.4) is 0 Å². The van der Waals surface area contributed by atoms with Crippen molar-refractivity contribution in [3.63, 3.8) is 0 Å². The van der Waals surface area contributed by atoms with Gasteiger partial charge in [0.2, 0.25) is 0 Å². The summed E-state index contributed by atoms with van der Waals surface area (Å²) in [6, 6.07) is 4.67. The van der Waals surface area contributed by atoms with Crippen LogP contribution in [0.2, 0.25) is 0 Å². The summed E-state index contributed by atoms with van der Waals surface area (Å²) in [6.45, 7) is 7.22. The van der Waals surface area contributed by atoms with Crippen molar-refractivity contribution in [1.82, 2.24) is 4.90 Å². The van der Waals surface area contributed by atoms with Gasteiger partial charge in [0.05, 0.1) is 19.3 Å². The fraction of sp³-hybridized carbons (Fsp3) is 0.600. The molecule has 1 heterocycles. The Bertz CT molecular complexity index is 465. The molecule has 112 valence electrons. The second-order valence-corrected chi connectivity index (χ2v) is 5.84. The second-order valence-electron chi connectivity index (χ2n) is 5.84. The number of benzene rings is 1. The highest BCUT2D eigenvalue weighted by atomic mass is 19.1. The molecule has 1 unspecified atom stereocenters. The van der Waals surface area contributed by atoms with Gasteiger partial charge in [0.25, 0.3) is 0 Å². The van der Waals surface area contributed by atoms with E-state index in [1.54, 1.807) is 6.07 Å². The van der Waals surface area contributed by atoms with Crippen LogP contribution in [0, 0.1) is 5.82 Å². The average Bonchev–Trinajstić information content (AvgIpc) is 2.37.